The highest BCUT2D eigenvalue weighted by Gasteiger charge is 2.64. The first kappa shape index (κ1) is 31.3. The third kappa shape index (κ3) is 4.68. The van der Waals surface area contributed by atoms with Gasteiger partial charge in [-0.05, 0) is 77.4 Å². The van der Waals surface area contributed by atoms with E-state index < -0.39 is 58.0 Å². The average Bonchev–Trinajstić information content (AvgIpc) is 3.37. The minimum atomic E-state index is -2.70. The van der Waals surface area contributed by atoms with Gasteiger partial charge in [-0.15, -0.1) is 0 Å². The molecule has 3 aliphatic rings. The van der Waals surface area contributed by atoms with Gasteiger partial charge in [-0.1, -0.05) is 0 Å². The van der Waals surface area contributed by atoms with Gasteiger partial charge < -0.3 is 40.8 Å². The molecule has 2 aromatic rings. The normalized spacial score (nSPS) is 25.2. The molecule has 4 atom stereocenters. The van der Waals surface area contributed by atoms with Crippen LogP contribution in [-0.2, 0) is 27.3 Å². The first-order chi connectivity index (χ1) is 20.4. The molecule has 12 nitrogen and oxygen atoms in total. The summed E-state index contributed by atoms with van der Waals surface area (Å²) >= 11 is 0. The smallest absolute Gasteiger partial charge is 0.255 e. The summed E-state index contributed by atoms with van der Waals surface area (Å²) in [6, 6.07) is 4.11. The highest BCUT2D eigenvalue weighted by Crippen LogP contribution is 2.55. The molecule has 7 N–H and O–H groups in total. The number of aliphatic hydroxyl groups is 3. The van der Waals surface area contributed by atoms with Gasteiger partial charge in [-0.2, -0.15) is 0 Å². The van der Waals surface area contributed by atoms with Crippen molar-refractivity contribution < 1.29 is 39.2 Å². The van der Waals surface area contributed by atoms with Crippen molar-refractivity contribution in [3.8, 4) is 17.1 Å². The van der Waals surface area contributed by atoms with Crippen LogP contribution in [0.25, 0.3) is 17.1 Å². The molecular weight excluding hydrogens is 568 g/mol. The predicted octanol–water partition coefficient (Wildman–Crippen LogP) is 2.18. The van der Waals surface area contributed by atoms with Gasteiger partial charge in [0.2, 0.25) is 5.78 Å². The maximum atomic E-state index is 14.2. The Hall–Kier alpha value is -4.13. The third-order valence-electron chi connectivity index (χ3n) is 8.90. The molecule has 1 unspecified atom stereocenters. The van der Waals surface area contributed by atoms with E-state index in [0.717, 1.165) is 0 Å². The van der Waals surface area contributed by atoms with E-state index in [4.69, 9.17) is 10.2 Å². The number of furan rings is 1. The molecule has 0 bridgehead atoms. The SMILES string of the molecule is CN(C)c1cc(-c2ccc(CNC(C)(C)C)o2)c(O)c2c1C[C@H]1C[C@H]3C(N(C)C)C(=O)C(C(N)=O)=C(O)[C@@]3(O)C(=O)C1=C2O. The van der Waals surface area contributed by atoms with Crippen molar-refractivity contribution >= 4 is 28.9 Å². The number of ketones is 2. The quantitative estimate of drug-likeness (QED) is 0.264. The monoisotopic (exact) mass is 608 g/mol. The number of carbonyl (C=O) groups is 3. The van der Waals surface area contributed by atoms with Crippen LogP contribution in [0.1, 0.15) is 44.1 Å². The Morgan fingerprint density at radius 2 is 1.80 bits per heavy atom. The van der Waals surface area contributed by atoms with Gasteiger partial charge >= 0.3 is 0 Å². The molecule has 1 heterocycles. The van der Waals surface area contributed by atoms with E-state index in [9.17, 15) is 34.8 Å². The van der Waals surface area contributed by atoms with Crippen molar-refractivity contribution in [2.45, 2.75) is 57.3 Å². The minimum Gasteiger partial charge on any atom is -0.508 e. The lowest BCUT2D eigenvalue weighted by atomic mass is 9.57. The molecule has 0 saturated heterocycles. The number of amides is 1. The summed E-state index contributed by atoms with van der Waals surface area (Å²) in [7, 11) is 6.76. The zero-order valence-electron chi connectivity index (χ0n) is 26.0. The predicted molar refractivity (Wildman–Crippen MR) is 163 cm³/mol. The first-order valence-corrected chi connectivity index (χ1v) is 14.4. The number of rotatable bonds is 6. The lowest BCUT2D eigenvalue weighted by molar-refractivity contribution is -0.153. The van der Waals surface area contributed by atoms with Gasteiger partial charge in [-0.3, -0.25) is 19.3 Å². The molecule has 1 aromatic heterocycles. The number of benzene rings is 1. The molecule has 0 spiro atoms. The Morgan fingerprint density at radius 1 is 1.14 bits per heavy atom. The fourth-order valence-electron chi connectivity index (χ4n) is 6.85. The van der Waals surface area contributed by atoms with Crippen LogP contribution >= 0.6 is 0 Å². The summed E-state index contributed by atoms with van der Waals surface area (Å²) in [5, 5.41) is 49.6. The van der Waals surface area contributed by atoms with Gasteiger partial charge in [0.15, 0.2) is 11.4 Å². The molecule has 0 radical (unpaired) electrons. The average molecular weight is 609 g/mol. The van der Waals surface area contributed by atoms with Gasteiger partial charge in [0.25, 0.3) is 5.91 Å². The minimum absolute atomic E-state index is 0.00764. The van der Waals surface area contributed by atoms with E-state index in [-0.39, 0.29) is 40.8 Å². The van der Waals surface area contributed by atoms with Crippen LogP contribution in [0.15, 0.2) is 39.5 Å². The summed E-state index contributed by atoms with van der Waals surface area (Å²) in [5.74, 6) is -5.93. The Labute approximate surface area is 255 Å². The van der Waals surface area contributed by atoms with E-state index in [2.05, 4.69) is 5.32 Å². The Bertz CT molecular complexity index is 1640. The Morgan fingerprint density at radius 3 is 2.36 bits per heavy atom. The molecule has 3 aliphatic carbocycles. The number of aromatic hydroxyl groups is 1. The second-order valence-electron chi connectivity index (χ2n) is 13.4. The molecular formula is C32H40N4O8. The van der Waals surface area contributed by atoms with Crippen LogP contribution < -0.4 is 16.0 Å². The zero-order chi connectivity index (χ0) is 32.6. The van der Waals surface area contributed by atoms with Crippen molar-refractivity contribution in [3.05, 3.63) is 52.0 Å². The highest BCUT2D eigenvalue weighted by atomic mass is 16.4. The van der Waals surface area contributed by atoms with E-state index in [1.165, 1.54) is 4.90 Å². The summed E-state index contributed by atoms with van der Waals surface area (Å²) in [4.78, 5) is 43.0. The number of phenols is 1. The van der Waals surface area contributed by atoms with Crippen LogP contribution in [0.4, 0.5) is 5.69 Å². The van der Waals surface area contributed by atoms with Crippen LogP contribution in [0.2, 0.25) is 0 Å². The number of likely N-dealkylation sites (N-methyl/N-ethyl adjacent to an activating group) is 1. The van der Waals surface area contributed by atoms with E-state index in [0.29, 0.717) is 29.3 Å². The maximum Gasteiger partial charge on any atom is 0.255 e. The molecule has 44 heavy (non-hydrogen) atoms. The lowest BCUT2D eigenvalue weighted by Crippen LogP contribution is -2.65. The number of nitrogens with two attached hydrogens (primary N) is 1. The topological polar surface area (TPSA) is 190 Å². The Kier molecular flexibility index (Phi) is 7.47. The second-order valence-corrected chi connectivity index (χ2v) is 13.4. The molecule has 236 valence electrons. The molecule has 12 heteroatoms. The third-order valence-corrected chi connectivity index (χ3v) is 8.90. The van der Waals surface area contributed by atoms with Gasteiger partial charge in [0, 0.05) is 36.8 Å². The number of Topliss-reactive ketones (excluding diaryl/α,β-unsaturated/α-hetero) is 2. The number of anilines is 1. The molecule has 1 aromatic carbocycles. The molecule has 0 aliphatic heterocycles. The van der Waals surface area contributed by atoms with Gasteiger partial charge in [-0.25, -0.2) is 0 Å². The number of nitrogens with one attached hydrogen (secondary N) is 1. The van der Waals surface area contributed by atoms with Crippen molar-refractivity contribution in [2.24, 2.45) is 17.6 Å². The Balaban J connectivity index is 1.69. The van der Waals surface area contributed by atoms with Crippen LogP contribution in [0, 0.1) is 11.8 Å². The van der Waals surface area contributed by atoms with Crippen LogP contribution in [0.5, 0.6) is 5.75 Å². The number of aliphatic hydroxyl groups excluding tert-OH is 2. The maximum absolute atomic E-state index is 14.2. The standard InChI is InChI=1S/C32H40N4O8/c1-31(2,3)34-13-15-8-9-20(44-15)17-12-19(35(4)5)16-10-14-11-18-24(36(6)7)27(39)23(30(33)42)29(41)32(18,43)28(40)21(14)26(38)22(16)25(17)37/h8-9,12,14,18,24,34,37-38,41,43H,10-11,13H2,1-7H3,(H2,33,42)/t14-,18-,24?,32-/m0/s1. The fraction of sp³-hybridized carbons (Fsp3) is 0.469. The van der Waals surface area contributed by atoms with Crippen molar-refractivity contribution in [1.29, 1.82) is 0 Å². The lowest BCUT2D eigenvalue weighted by Gasteiger charge is -2.50. The van der Waals surface area contributed by atoms with Crippen molar-refractivity contribution in [3.63, 3.8) is 0 Å². The molecule has 1 saturated carbocycles. The highest BCUT2D eigenvalue weighted by molar-refractivity contribution is 6.24. The van der Waals surface area contributed by atoms with E-state index in [1.807, 2.05) is 39.8 Å². The van der Waals surface area contributed by atoms with Crippen molar-refractivity contribution in [1.82, 2.24) is 10.2 Å². The molecule has 5 rings (SSSR count). The van der Waals surface area contributed by atoms with Crippen LogP contribution in [0.3, 0.4) is 0 Å². The summed E-state index contributed by atoms with van der Waals surface area (Å²) < 4.78 is 6.05. The molecule has 1 fully saturated rings. The van der Waals surface area contributed by atoms with E-state index in [1.54, 1.807) is 32.3 Å². The second kappa shape index (κ2) is 10.5. The van der Waals surface area contributed by atoms with E-state index >= 15 is 0 Å². The number of phenolic OH excluding ortho intramolecular Hbond substituents is 1. The van der Waals surface area contributed by atoms with Gasteiger partial charge in [0.05, 0.1) is 23.7 Å². The number of carbonyl (C=O) groups excluding carboxylic acids is 3. The number of primary amides is 1. The summed E-state index contributed by atoms with van der Waals surface area (Å²) in [6.45, 7) is 6.53. The van der Waals surface area contributed by atoms with Gasteiger partial charge in [0.1, 0.15) is 34.4 Å². The largest absolute Gasteiger partial charge is 0.508 e. The summed E-state index contributed by atoms with van der Waals surface area (Å²) in [6.07, 6.45) is 0.207. The zero-order valence-corrected chi connectivity index (χ0v) is 26.0. The summed E-state index contributed by atoms with van der Waals surface area (Å²) in [5.41, 5.74) is 3.04. The number of hydrogen-bond acceptors (Lipinski definition) is 11. The van der Waals surface area contributed by atoms with Crippen molar-refractivity contribution in [2.75, 3.05) is 33.1 Å². The van der Waals surface area contributed by atoms with Crippen LogP contribution in [-0.4, -0.2) is 88.2 Å². The fourth-order valence-corrected chi connectivity index (χ4v) is 6.85. The number of nitrogens with zero attached hydrogens (tertiary/aromatic N) is 2. The number of fused-ring (bicyclic) bond motifs is 3. The molecule has 1 amide bonds. The number of hydrogen-bond donors (Lipinski definition) is 6. The first-order valence-electron chi connectivity index (χ1n) is 14.4.